The summed E-state index contributed by atoms with van der Waals surface area (Å²) in [6.45, 7) is 8.00. The molecule has 0 spiro atoms. The van der Waals surface area contributed by atoms with Gasteiger partial charge in [-0.1, -0.05) is 49.8 Å². The standard InChI is InChI=1S/C32H34N6/c1-3-21(19-33-20-22-9-5-6-10-22)17-23(4-2)26-13-14-28-31(36-26)32(38-37-28)29-18-25-27(35-29)15-16-34-30(25)24-11-7-8-12-24/h3-4,7,11-18,22,33,35H,1,5-6,8-10,19-20H2,2H3,(H,37,38)/b21-17+,23-4+. The van der Waals surface area contributed by atoms with Crippen LogP contribution in [0.25, 0.3) is 44.5 Å². The summed E-state index contributed by atoms with van der Waals surface area (Å²) >= 11 is 0. The highest BCUT2D eigenvalue weighted by Crippen LogP contribution is 2.33. The molecule has 192 valence electrons. The molecule has 2 aliphatic carbocycles. The largest absolute Gasteiger partial charge is 0.353 e. The van der Waals surface area contributed by atoms with Crippen molar-refractivity contribution in [2.75, 3.05) is 13.1 Å². The number of aromatic nitrogens is 5. The molecule has 2 aliphatic rings. The molecule has 0 atom stereocenters. The zero-order chi connectivity index (χ0) is 25.9. The van der Waals surface area contributed by atoms with Crippen LogP contribution in [0.1, 0.15) is 50.4 Å². The van der Waals surface area contributed by atoms with E-state index in [9.17, 15) is 0 Å². The van der Waals surface area contributed by atoms with Gasteiger partial charge in [0.1, 0.15) is 11.2 Å². The first-order valence-electron chi connectivity index (χ1n) is 13.6. The molecule has 0 bridgehead atoms. The van der Waals surface area contributed by atoms with Crippen molar-refractivity contribution in [3.05, 3.63) is 90.5 Å². The lowest BCUT2D eigenvalue weighted by Gasteiger charge is -2.11. The van der Waals surface area contributed by atoms with Crippen LogP contribution in [0, 0.1) is 5.92 Å². The third-order valence-electron chi connectivity index (χ3n) is 7.70. The van der Waals surface area contributed by atoms with E-state index in [1.165, 1.54) is 25.7 Å². The first-order chi connectivity index (χ1) is 18.7. The van der Waals surface area contributed by atoms with E-state index in [-0.39, 0.29) is 0 Å². The maximum atomic E-state index is 5.06. The molecule has 6 rings (SSSR count). The van der Waals surface area contributed by atoms with E-state index in [4.69, 9.17) is 4.98 Å². The number of rotatable bonds is 9. The summed E-state index contributed by atoms with van der Waals surface area (Å²) in [4.78, 5) is 13.3. The number of allylic oxidation sites excluding steroid dienone is 7. The third-order valence-corrected chi connectivity index (χ3v) is 7.70. The van der Waals surface area contributed by atoms with E-state index in [2.05, 4.69) is 87.6 Å². The molecule has 0 saturated heterocycles. The van der Waals surface area contributed by atoms with Crippen molar-refractivity contribution < 1.29 is 0 Å². The van der Waals surface area contributed by atoms with E-state index in [0.29, 0.717) is 0 Å². The molecule has 0 aromatic carbocycles. The number of nitrogens with one attached hydrogen (secondary N) is 3. The molecular formula is C32H34N6. The van der Waals surface area contributed by atoms with Crippen LogP contribution in [0.2, 0.25) is 0 Å². The molecule has 0 aliphatic heterocycles. The predicted octanol–water partition coefficient (Wildman–Crippen LogP) is 7.14. The fourth-order valence-electron chi connectivity index (χ4n) is 5.61. The lowest BCUT2D eigenvalue weighted by molar-refractivity contribution is 0.503. The van der Waals surface area contributed by atoms with Crippen LogP contribution in [0.5, 0.6) is 0 Å². The Balaban J connectivity index is 1.30. The van der Waals surface area contributed by atoms with Gasteiger partial charge in [0, 0.05) is 23.6 Å². The normalized spacial score (nSPS) is 16.7. The number of pyridine rings is 2. The number of aromatic amines is 2. The summed E-state index contributed by atoms with van der Waals surface area (Å²) in [5, 5.41) is 12.5. The molecule has 4 aromatic rings. The lowest BCUT2D eigenvalue weighted by atomic mass is 10.1. The summed E-state index contributed by atoms with van der Waals surface area (Å²) in [6, 6.07) is 8.25. The Morgan fingerprint density at radius 2 is 2.05 bits per heavy atom. The Labute approximate surface area is 223 Å². The highest BCUT2D eigenvalue weighted by molar-refractivity contribution is 5.99. The summed E-state index contributed by atoms with van der Waals surface area (Å²) < 4.78 is 0. The average Bonchev–Trinajstić information content (AvgIpc) is 3.76. The Kier molecular flexibility index (Phi) is 6.88. The van der Waals surface area contributed by atoms with E-state index >= 15 is 0 Å². The van der Waals surface area contributed by atoms with Crippen LogP contribution >= 0.6 is 0 Å². The zero-order valence-electron chi connectivity index (χ0n) is 21.9. The van der Waals surface area contributed by atoms with E-state index in [1.807, 2.05) is 18.3 Å². The highest BCUT2D eigenvalue weighted by Gasteiger charge is 2.17. The molecular weight excluding hydrogens is 468 g/mol. The van der Waals surface area contributed by atoms with Gasteiger partial charge in [-0.3, -0.25) is 10.1 Å². The fraction of sp³-hybridized carbons (Fsp3) is 0.281. The van der Waals surface area contributed by atoms with Crippen molar-refractivity contribution in [3.63, 3.8) is 0 Å². The predicted molar refractivity (Wildman–Crippen MR) is 157 cm³/mol. The van der Waals surface area contributed by atoms with Gasteiger partial charge in [0.15, 0.2) is 0 Å². The van der Waals surface area contributed by atoms with Crippen molar-refractivity contribution in [3.8, 4) is 11.4 Å². The Bertz CT molecular complexity index is 1600. The van der Waals surface area contributed by atoms with Crippen LogP contribution < -0.4 is 5.32 Å². The van der Waals surface area contributed by atoms with Gasteiger partial charge >= 0.3 is 0 Å². The van der Waals surface area contributed by atoms with Gasteiger partial charge in [-0.05, 0) is 85.7 Å². The van der Waals surface area contributed by atoms with E-state index < -0.39 is 0 Å². The molecule has 4 heterocycles. The first-order valence-corrected chi connectivity index (χ1v) is 13.6. The van der Waals surface area contributed by atoms with Crippen LogP contribution in [-0.4, -0.2) is 38.2 Å². The molecule has 1 fully saturated rings. The average molecular weight is 503 g/mol. The van der Waals surface area contributed by atoms with Crippen molar-refractivity contribution >= 4 is 33.1 Å². The number of hydrogen-bond acceptors (Lipinski definition) is 4. The van der Waals surface area contributed by atoms with Crippen molar-refractivity contribution in [2.45, 2.75) is 39.0 Å². The molecule has 3 N–H and O–H groups in total. The van der Waals surface area contributed by atoms with E-state index in [0.717, 1.165) is 86.9 Å². The topological polar surface area (TPSA) is 82.3 Å². The Morgan fingerprint density at radius 3 is 2.84 bits per heavy atom. The fourth-order valence-corrected chi connectivity index (χ4v) is 5.61. The lowest BCUT2D eigenvalue weighted by Crippen LogP contribution is -2.23. The monoisotopic (exact) mass is 502 g/mol. The molecule has 1 saturated carbocycles. The van der Waals surface area contributed by atoms with Crippen molar-refractivity contribution in [1.29, 1.82) is 0 Å². The number of hydrogen-bond donors (Lipinski definition) is 3. The van der Waals surface area contributed by atoms with Gasteiger partial charge in [0.05, 0.1) is 22.6 Å². The molecule has 6 heteroatoms. The van der Waals surface area contributed by atoms with Crippen LogP contribution in [0.4, 0.5) is 0 Å². The molecule has 38 heavy (non-hydrogen) atoms. The van der Waals surface area contributed by atoms with Gasteiger partial charge in [-0.25, -0.2) is 4.98 Å². The SMILES string of the molecule is C=C/C(=C\C(=C/C)c1ccc2[nH]nc(-c3cc4c(C5=CCC=C5)nccc4[nH]3)c2n1)CNCC1CCCC1. The zero-order valence-corrected chi connectivity index (χ0v) is 21.9. The summed E-state index contributed by atoms with van der Waals surface area (Å²) in [7, 11) is 0. The van der Waals surface area contributed by atoms with Crippen LogP contribution in [0.3, 0.4) is 0 Å². The Hall–Kier alpha value is -4.03. The van der Waals surface area contributed by atoms with Gasteiger partial charge in [0.2, 0.25) is 0 Å². The quantitative estimate of drug-likeness (QED) is 0.212. The second-order valence-electron chi connectivity index (χ2n) is 10.2. The van der Waals surface area contributed by atoms with Crippen molar-refractivity contribution in [2.24, 2.45) is 5.92 Å². The second-order valence-corrected chi connectivity index (χ2v) is 10.2. The van der Waals surface area contributed by atoms with E-state index in [1.54, 1.807) is 0 Å². The minimum Gasteiger partial charge on any atom is -0.353 e. The summed E-state index contributed by atoms with van der Waals surface area (Å²) in [6.07, 6.45) is 21.0. The minimum atomic E-state index is 0.807. The third kappa shape index (κ3) is 4.79. The second kappa shape index (κ2) is 10.8. The molecule has 6 nitrogen and oxygen atoms in total. The molecule has 0 radical (unpaired) electrons. The van der Waals surface area contributed by atoms with Crippen molar-refractivity contribution in [1.82, 2.24) is 30.5 Å². The number of nitrogens with zero attached hydrogens (tertiary/aromatic N) is 3. The van der Waals surface area contributed by atoms with Crippen LogP contribution in [-0.2, 0) is 0 Å². The van der Waals surface area contributed by atoms with Gasteiger partial charge in [-0.2, -0.15) is 5.10 Å². The molecule has 0 amide bonds. The van der Waals surface area contributed by atoms with Gasteiger partial charge in [0.25, 0.3) is 0 Å². The molecule has 0 unspecified atom stereocenters. The maximum Gasteiger partial charge on any atom is 0.135 e. The number of H-pyrrole nitrogens is 2. The van der Waals surface area contributed by atoms with Gasteiger partial charge in [-0.15, -0.1) is 0 Å². The number of fused-ring (bicyclic) bond motifs is 2. The van der Waals surface area contributed by atoms with Crippen LogP contribution in [0.15, 0.2) is 79.1 Å². The smallest absolute Gasteiger partial charge is 0.135 e. The highest BCUT2D eigenvalue weighted by atomic mass is 15.1. The summed E-state index contributed by atoms with van der Waals surface area (Å²) in [5.41, 5.74) is 9.82. The Morgan fingerprint density at radius 1 is 1.16 bits per heavy atom. The maximum absolute atomic E-state index is 5.06. The molecule has 4 aromatic heterocycles. The van der Waals surface area contributed by atoms with Gasteiger partial charge < -0.3 is 10.3 Å². The first kappa shape index (κ1) is 24.3. The summed E-state index contributed by atoms with van der Waals surface area (Å²) in [5.74, 6) is 0.814. The minimum absolute atomic E-state index is 0.807.